The number of pyridine rings is 1. The smallest absolute Gasteiger partial charge is 0.356 e. The zero-order chi connectivity index (χ0) is 17.1. The van der Waals surface area contributed by atoms with Gasteiger partial charge in [0.15, 0.2) is 0 Å². The van der Waals surface area contributed by atoms with Gasteiger partial charge in [-0.05, 0) is 37.8 Å². The molecule has 1 atom stereocenters. The highest BCUT2D eigenvalue weighted by atomic mass is 16.5. The number of carbonyl (C=O) groups is 3. The van der Waals surface area contributed by atoms with E-state index in [1.807, 2.05) is 0 Å². The van der Waals surface area contributed by atoms with Crippen LogP contribution in [-0.4, -0.2) is 53.9 Å². The van der Waals surface area contributed by atoms with Crippen molar-refractivity contribution in [3.05, 3.63) is 29.6 Å². The minimum absolute atomic E-state index is 0.0336. The summed E-state index contributed by atoms with van der Waals surface area (Å²) in [6, 6.07) is 5.00. The Morgan fingerprint density at radius 1 is 1.21 bits per heavy atom. The van der Waals surface area contributed by atoms with Crippen molar-refractivity contribution in [1.82, 2.24) is 15.2 Å². The molecule has 1 aromatic rings. The van der Waals surface area contributed by atoms with E-state index in [4.69, 9.17) is 0 Å². The number of hydrogen-bond acceptors (Lipinski definition) is 5. The van der Waals surface area contributed by atoms with E-state index in [9.17, 15) is 14.4 Å². The van der Waals surface area contributed by atoms with Crippen LogP contribution >= 0.6 is 0 Å². The Labute approximate surface area is 140 Å². The van der Waals surface area contributed by atoms with Crippen LogP contribution in [0, 0.1) is 5.92 Å². The highest BCUT2D eigenvalue weighted by Gasteiger charge is 2.32. The van der Waals surface area contributed by atoms with Gasteiger partial charge in [0.1, 0.15) is 11.4 Å². The maximum absolute atomic E-state index is 12.6. The lowest BCUT2D eigenvalue weighted by atomic mass is 9.96. The van der Waals surface area contributed by atoms with Crippen molar-refractivity contribution < 1.29 is 19.1 Å². The lowest BCUT2D eigenvalue weighted by Crippen LogP contribution is -2.46. The average molecular weight is 331 g/mol. The van der Waals surface area contributed by atoms with Gasteiger partial charge in [-0.2, -0.15) is 0 Å². The van der Waals surface area contributed by atoms with E-state index in [0.717, 1.165) is 25.7 Å². The van der Waals surface area contributed by atoms with Gasteiger partial charge < -0.3 is 15.0 Å². The highest BCUT2D eigenvalue weighted by molar-refractivity contribution is 5.95. The summed E-state index contributed by atoms with van der Waals surface area (Å²) in [5.41, 5.74) is 0.296. The SMILES string of the molecule is COC(=O)c1cccc(C(=O)N2CCC[C@H](C(=O)NC3CC3)C2)n1. The first kappa shape index (κ1) is 16.4. The third-order valence-corrected chi connectivity index (χ3v) is 4.37. The molecule has 3 rings (SSSR count). The van der Waals surface area contributed by atoms with E-state index in [0.29, 0.717) is 19.1 Å². The first-order valence-corrected chi connectivity index (χ1v) is 8.23. The summed E-state index contributed by atoms with van der Waals surface area (Å²) in [6.07, 6.45) is 3.67. The fourth-order valence-electron chi connectivity index (χ4n) is 2.86. The number of rotatable bonds is 4. The number of piperidine rings is 1. The quantitative estimate of drug-likeness (QED) is 0.832. The van der Waals surface area contributed by atoms with E-state index in [1.165, 1.54) is 13.2 Å². The molecule has 1 aliphatic heterocycles. The summed E-state index contributed by atoms with van der Waals surface area (Å²) in [5.74, 6) is -0.979. The van der Waals surface area contributed by atoms with Gasteiger partial charge >= 0.3 is 5.97 Å². The molecule has 0 radical (unpaired) electrons. The van der Waals surface area contributed by atoms with Gasteiger partial charge in [-0.1, -0.05) is 6.07 Å². The Bertz CT molecular complexity index is 657. The third kappa shape index (κ3) is 3.72. The summed E-state index contributed by atoms with van der Waals surface area (Å²) in [4.78, 5) is 42.1. The second kappa shape index (κ2) is 6.98. The van der Waals surface area contributed by atoms with Crippen LogP contribution in [0.3, 0.4) is 0 Å². The normalized spacial score (nSPS) is 20.4. The van der Waals surface area contributed by atoms with Crippen molar-refractivity contribution in [3.63, 3.8) is 0 Å². The van der Waals surface area contributed by atoms with Crippen LogP contribution in [0.25, 0.3) is 0 Å². The number of likely N-dealkylation sites (tertiary alicyclic amines) is 1. The van der Waals surface area contributed by atoms with Gasteiger partial charge in [0.25, 0.3) is 5.91 Å². The third-order valence-electron chi connectivity index (χ3n) is 4.37. The van der Waals surface area contributed by atoms with Crippen molar-refractivity contribution in [1.29, 1.82) is 0 Å². The Morgan fingerprint density at radius 3 is 2.67 bits per heavy atom. The second-order valence-corrected chi connectivity index (χ2v) is 6.27. The zero-order valence-electron chi connectivity index (χ0n) is 13.7. The molecular weight excluding hydrogens is 310 g/mol. The van der Waals surface area contributed by atoms with Gasteiger partial charge in [-0.25, -0.2) is 9.78 Å². The highest BCUT2D eigenvalue weighted by Crippen LogP contribution is 2.23. The molecule has 0 spiro atoms. The number of nitrogens with one attached hydrogen (secondary N) is 1. The first-order valence-electron chi connectivity index (χ1n) is 8.23. The lowest BCUT2D eigenvalue weighted by Gasteiger charge is -2.31. The van der Waals surface area contributed by atoms with Gasteiger partial charge in [0, 0.05) is 19.1 Å². The van der Waals surface area contributed by atoms with Crippen LogP contribution in [-0.2, 0) is 9.53 Å². The van der Waals surface area contributed by atoms with E-state index in [1.54, 1.807) is 17.0 Å². The molecule has 1 saturated heterocycles. The number of aromatic nitrogens is 1. The molecule has 2 heterocycles. The lowest BCUT2D eigenvalue weighted by molar-refractivity contribution is -0.126. The van der Waals surface area contributed by atoms with E-state index >= 15 is 0 Å². The molecule has 7 heteroatoms. The molecule has 1 N–H and O–H groups in total. The van der Waals surface area contributed by atoms with Crippen molar-refractivity contribution >= 4 is 17.8 Å². The molecule has 0 unspecified atom stereocenters. The molecule has 2 fully saturated rings. The molecule has 0 aromatic carbocycles. The molecule has 7 nitrogen and oxygen atoms in total. The van der Waals surface area contributed by atoms with Crippen LogP contribution in [0.2, 0.25) is 0 Å². The monoisotopic (exact) mass is 331 g/mol. The van der Waals surface area contributed by atoms with Crippen LogP contribution in [0.15, 0.2) is 18.2 Å². The van der Waals surface area contributed by atoms with Gasteiger partial charge in [-0.15, -0.1) is 0 Å². The molecular formula is C17H21N3O4. The van der Waals surface area contributed by atoms with Gasteiger partial charge in [0.05, 0.1) is 13.0 Å². The van der Waals surface area contributed by atoms with Crippen molar-refractivity contribution in [2.24, 2.45) is 5.92 Å². The summed E-state index contributed by atoms with van der Waals surface area (Å²) in [7, 11) is 1.27. The Morgan fingerprint density at radius 2 is 1.96 bits per heavy atom. The summed E-state index contributed by atoms with van der Waals surface area (Å²) in [6.45, 7) is 0.984. The Hall–Kier alpha value is -2.44. The van der Waals surface area contributed by atoms with Gasteiger partial charge in [0.2, 0.25) is 5.91 Å². The van der Waals surface area contributed by atoms with Crippen molar-refractivity contribution in [3.8, 4) is 0 Å². The molecule has 128 valence electrons. The largest absolute Gasteiger partial charge is 0.464 e. The Balaban J connectivity index is 1.67. The number of methoxy groups -OCH3 is 1. The fourth-order valence-corrected chi connectivity index (χ4v) is 2.86. The van der Waals surface area contributed by atoms with Crippen molar-refractivity contribution in [2.75, 3.05) is 20.2 Å². The van der Waals surface area contributed by atoms with E-state index in [-0.39, 0.29) is 29.1 Å². The van der Waals surface area contributed by atoms with E-state index < -0.39 is 5.97 Å². The maximum atomic E-state index is 12.6. The first-order chi connectivity index (χ1) is 11.6. The number of amides is 2. The molecule has 24 heavy (non-hydrogen) atoms. The summed E-state index contributed by atoms with van der Waals surface area (Å²) in [5, 5.41) is 3.00. The predicted octanol–water partition coefficient (Wildman–Crippen LogP) is 0.999. The zero-order valence-corrected chi connectivity index (χ0v) is 13.7. The van der Waals surface area contributed by atoms with Crippen LogP contribution in [0.5, 0.6) is 0 Å². The number of ether oxygens (including phenoxy) is 1. The van der Waals surface area contributed by atoms with Crippen molar-refractivity contribution in [2.45, 2.75) is 31.7 Å². The standard InChI is InChI=1S/C17H21N3O4/c1-24-17(23)14-6-2-5-13(19-14)16(22)20-9-3-4-11(10-20)15(21)18-12-7-8-12/h2,5-6,11-12H,3-4,7-10H2,1H3,(H,18,21)/t11-/m0/s1. The minimum atomic E-state index is -0.579. The number of hydrogen-bond donors (Lipinski definition) is 1. The minimum Gasteiger partial charge on any atom is -0.464 e. The molecule has 1 aliphatic carbocycles. The van der Waals surface area contributed by atoms with Gasteiger partial charge in [-0.3, -0.25) is 9.59 Å². The molecule has 2 aliphatic rings. The Kier molecular flexibility index (Phi) is 4.78. The summed E-state index contributed by atoms with van der Waals surface area (Å²) < 4.78 is 4.63. The van der Waals surface area contributed by atoms with Crippen LogP contribution < -0.4 is 5.32 Å². The second-order valence-electron chi connectivity index (χ2n) is 6.27. The summed E-state index contributed by atoms with van der Waals surface area (Å²) >= 11 is 0. The van der Waals surface area contributed by atoms with Crippen LogP contribution in [0.1, 0.15) is 46.7 Å². The van der Waals surface area contributed by atoms with Crippen LogP contribution in [0.4, 0.5) is 0 Å². The predicted molar refractivity (Wildman–Crippen MR) is 85.4 cm³/mol. The average Bonchev–Trinajstić information content (AvgIpc) is 3.44. The maximum Gasteiger partial charge on any atom is 0.356 e. The molecule has 2 amide bonds. The number of nitrogens with zero attached hydrogens (tertiary/aromatic N) is 2. The molecule has 0 bridgehead atoms. The fraction of sp³-hybridized carbons (Fsp3) is 0.529. The topological polar surface area (TPSA) is 88.6 Å². The molecule has 1 aromatic heterocycles. The molecule has 1 saturated carbocycles. The number of carbonyl (C=O) groups excluding carboxylic acids is 3. The number of esters is 1. The van der Waals surface area contributed by atoms with E-state index in [2.05, 4.69) is 15.0 Å².